The van der Waals surface area contributed by atoms with Gasteiger partial charge in [-0.1, -0.05) is 32.8 Å². The van der Waals surface area contributed by atoms with E-state index < -0.39 is 0 Å². The molecule has 0 aliphatic heterocycles. The van der Waals surface area contributed by atoms with Crippen molar-refractivity contribution in [2.75, 3.05) is 0 Å². The van der Waals surface area contributed by atoms with Crippen molar-refractivity contribution in [1.29, 1.82) is 0 Å². The van der Waals surface area contributed by atoms with Crippen LogP contribution in [0.15, 0.2) is 17.5 Å². The van der Waals surface area contributed by atoms with Crippen LogP contribution in [0.2, 0.25) is 0 Å². The highest BCUT2D eigenvalue weighted by Gasteiger charge is 2.08. The zero-order valence-corrected chi connectivity index (χ0v) is 11.8. The molecule has 0 saturated carbocycles. The first-order chi connectivity index (χ1) is 8.08. The van der Waals surface area contributed by atoms with Crippen molar-refractivity contribution in [2.45, 2.75) is 52.5 Å². The molecule has 1 atom stereocenters. The molecule has 96 valence electrons. The van der Waals surface area contributed by atoms with Crippen LogP contribution in [0.3, 0.4) is 0 Å². The van der Waals surface area contributed by atoms with Crippen molar-refractivity contribution in [3.63, 3.8) is 0 Å². The van der Waals surface area contributed by atoms with E-state index in [0.717, 1.165) is 17.2 Å². The summed E-state index contributed by atoms with van der Waals surface area (Å²) in [5.74, 6) is 0.897. The fourth-order valence-corrected chi connectivity index (χ4v) is 2.51. The molecule has 0 bridgehead atoms. The third-order valence-electron chi connectivity index (χ3n) is 2.74. The van der Waals surface area contributed by atoms with Crippen LogP contribution < -0.4 is 5.32 Å². The van der Waals surface area contributed by atoms with E-state index >= 15 is 0 Å². The van der Waals surface area contributed by atoms with Gasteiger partial charge in [0.25, 0.3) is 0 Å². The molecule has 0 unspecified atom stereocenters. The lowest BCUT2D eigenvalue weighted by molar-refractivity contribution is -0.121. The smallest absolute Gasteiger partial charge is 0.225 e. The maximum absolute atomic E-state index is 11.7. The largest absolute Gasteiger partial charge is 0.353 e. The minimum absolute atomic E-state index is 0.143. The van der Waals surface area contributed by atoms with Crippen LogP contribution in [0.1, 0.15) is 44.9 Å². The van der Waals surface area contributed by atoms with Gasteiger partial charge in [0.1, 0.15) is 0 Å². The molecule has 1 N–H and O–H groups in total. The Hall–Kier alpha value is -0.830. The van der Waals surface area contributed by atoms with Crippen molar-refractivity contribution in [3.8, 4) is 0 Å². The third-order valence-corrected chi connectivity index (χ3v) is 3.62. The number of amides is 1. The van der Waals surface area contributed by atoms with Gasteiger partial charge in [0.15, 0.2) is 0 Å². The normalized spacial score (nSPS) is 12.7. The molecule has 0 spiro atoms. The van der Waals surface area contributed by atoms with Crippen LogP contribution in [-0.2, 0) is 11.2 Å². The first-order valence-corrected chi connectivity index (χ1v) is 7.27. The maximum Gasteiger partial charge on any atom is 0.225 e. The average Bonchev–Trinajstić information content (AvgIpc) is 2.69. The minimum Gasteiger partial charge on any atom is -0.353 e. The van der Waals surface area contributed by atoms with Gasteiger partial charge in [0.05, 0.1) is 6.42 Å². The molecule has 0 aliphatic carbocycles. The summed E-state index contributed by atoms with van der Waals surface area (Å²) in [6.45, 7) is 6.56. The Balaban J connectivity index is 2.17. The van der Waals surface area contributed by atoms with Crippen LogP contribution in [0.25, 0.3) is 0 Å². The van der Waals surface area contributed by atoms with E-state index in [4.69, 9.17) is 0 Å². The standard InChI is InChI=1S/C14H23NOS/c1-11(2)6-4-7-12(3)15-14(16)10-13-8-5-9-17-13/h5,8-9,11-12H,4,6-7,10H2,1-3H3,(H,15,16)/t12-/m0/s1. The van der Waals surface area contributed by atoms with Crippen LogP contribution in [0.4, 0.5) is 0 Å². The van der Waals surface area contributed by atoms with Crippen molar-refractivity contribution in [1.82, 2.24) is 5.32 Å². The Morgan fingerprint density at radius 3 is 2.71 bits per heavy atom. The molecule has 3 heteroatoms. The van der Waals surface area contributed by atoms with E-state index in [9.17, 15) is 4.79 Å². The highest BCUT2D eigenvalue weighted by Crippen LogP contribution is 2.10. The van der Waals surface area contributed by atoms with Gasteiger partial charge in [0.2, 0.25) is 5.91 Å². The van der Waals surface area contributed by atoms with E-state index in [1.807, 2.05) is 17.5 Å². The summed E-state index contributed by atoms with van der Waals surface area (Å²) in [6, 6.07) is 4.29. The zero-order valence-electron chi connectivity index (χ0n) is 11.0. The topological polar surface area (TPSA) is 29.1 Å². The number of thiophene rings is 1. The highest BCUT2D eigenvalue weighted by atomic mass is 32.1. The summed E-state index contributed by atoms with van der Waals surface area (Å²) in [5, 5.41) is 5.07. The van der Waals surface area contributed by atoms with E-state index in [2.05, 4.69) is 26.1 Å². The van der Waals surface area contributed by atoms with Gasteiger partial charge < -0.3 is 5.32 Å². The summed E-state index contributed by atoms with van der Waals surface area (Å²) in [4.78, 5) is 12.8. The van der Waals surface area contributed by atoms with Crippen LogP contribution in [0.5, 0.6) is 0 Å². The molecular formula is C14H23NOS. The average molecular weight is 253 g/mol. The second kappa shape index (κ2) is 7.49. The number of rotatable bonds is 7. The molecule has 2 nitrogen and oxygen atoms in total. The monoisotopic (exact) mass is 253 g/mol. The van der Waals surface area contributed by atoms with E-state index in [-0.39, 0.29) is 5.91 Å². The molecule has 17 heavy (non-hydrogen) atoms. The predicted molar refractivity (Wildman–Crippen MR) is 74.3 cm³/mol. The van der Waals surface area contributed by atoms with Gasteiger partial charge in [-0.25, -0.2) is 0 Å². The summed E-state index contributed by atoms with van der Waals surface area (Å²) >= 11 is 1.64. The summed E-state index contributed by atoms with van der Waals surface area (Å²) in [5.41, 5.74) is 0. The van der Waals surface area contributed by atoms with E-state index in [1.165, 1.54) is 12.8 Å². The number of carbonyl (C=O) groups excluding carboxylic acids is 1. The number of hydrogen-bond donors (Lipinski definition) is 1. The van der Waals surface area contributed by atoms with Gasteiger partial charge in [-0.15, -0.1) is 11.3 Å². The highest BCUT2D eigenvalue weighted by molar-refractivity contribution is 7.10. The van der Waals surface area contributed by atoms with Gasteiger partial charge >= 0.3 is 0 Å². The SMILES string of the molecule is CC(C)CCC[C@H](C)NC(=O)Cc1cccs1. The predicted octanol–water partition coefficient (Wildman–Crippen LogP) is 3.62. The summed E-state index contributed by atoms with van der Waals surface area (Å²) in [7, 11) is 0. The fraction of sp³-hybridized carbons (Fsp3) is 0.643. The van der Waals surface area contributed by atoms with E-state index in [1.54, 1.807) is 11.3 Å². The molecule has 1 amide bonds. The molecule has 0 fully saturated rings. The first-order valence-electron chi connectivity index (χ1n) is 6.39. The molecule has 1 heterocycles. The Kier molecular flexibility index (Phi) is 6.27. The van der Waals surface area contributed by atoms with Gasteiger partial charge in [-0.2, -0.15) is 0 Å². The second-order valence-corrected chi connectivity index (χ2v) is 6.08. The van der Waals surface area contributed by atoms with Crippen molar-refractivity contribution >= 4 is 17.2 Å². The molecule has 0 radical (unpaired) electrons. The Morgan fingerprint density at radius 2 is 2.12 bits per heavy atom. The molecule has 0 aromatic carbocycles. The molecular weight excluding hydrogens is 230 g/mol. The lowest BCUT2D eigenvalue weighted by atomic mass is 10.0. The lowest BCUT2D eigenvalue weighted by Crippen LogP contribution is -2.33. The second-order valence-electron chi connectivity index (χ2n) is 5.05. The van der Waals surface area contributed by atoms with Crippen molar-refractivity contribution in [2.24, 2.45) is 5.92 Å². The van der Waals surface area contributed by atoms with Crippen molar-refractivity contribution < 1.29 is 4.79 Å². The van der Waals surface area contributed by atoms with Gasteiger partial charge in [0, 0.05) is 10.9 Å². The Morgan fingerprint density at radius 1 is 1.35 bits per heavy atom. The third kappa shape index (κ3) is 6.47. The molecule has 0 saturated heterocycles. The fourth-order valence-electron chi connectivity index (χ4n) is 1.80. The number of carbonyl (C=O) groups is 1. The van der Waals surface area contributed by atoms with Gasteiger partial charge in [-0.3, -0.25) is 4.79 Å². The van der Waals surface area contributed by atoms with Crippen molar-refractivity contribution in [3.05, 3.63) is 22.4 Å². The summed E-state index contributed by atoms with van der Waals surface area (Å²) < 4.78 is 0. The lowest BCUT2D eigenvalue weighted by Gasteiger charge is -2.14. The Bertz CT molecular complexity index is 319. The van der Waals surface area contributed by atoms with Crippen LogP contribution in [-0.4, -0.2) is 11.9 Å². The molecule has 1 aromatic heterocycles. The number of hydrogen-bond acceptors (Lipinski definition) is 2. The zero-order chi connectivity index (χ0) is 12.7. The minimum atomic E-state index is 0.143. The molecule has 0 aliphatic rings. The number of nitrogens with one attached hydrogen (secondary N) is 1. The molecule has 1 aromatic rings. The van der Waals surface area contributed by atoms with Crippen LogP contribution >= 0.6 is 11.3 Å². The first kappa shape index (κ1) is 14.2. The Labute approximate surface area is 108 Å². The maximum atomic E-state index is 11.7. The van der Waals surface area contributed by atoms with Gasteiger partial charge in [-0.05, 0) is 30.7 Å². The quantitative estimate of drug-likeness (QED) is 0.790. The summed E-state index contributed by atoms with van der Waals surface area (Å²) in [6.07, 6.45) is 4.03. The van der Waals surface area contributed by atoms with Crippen LogP contribution in [0, 0.1) is 5.92 Å². The molecule has 1 rings (SSSR count). The van der Waals surface area contributed by atoms with E-state index in [0.29, 0.717) is 12.5 Å².